The molecule has 2 rings (SSSR count). The van der Waals surface area contributed by atoms with Gasteiger partial charge in [-0.2, -0.15) is 0 Å². The van der Waals surface area contributed by atoms with Gasteiger partial charge in [-0.15, -0.1) is 0 Å². The van der Waals surface area contributed by atoms with Crippen LogP contribution >= 0.6 is 0 Å². The summed E-state index contributed by atoms with van der Waals surface area (Å²) < 4.78 is 20.9. The fourth-order valence-corrected chi connectivity index (χ4v) is 2.98. The number of imide groups is 1. The third-order valence-electron chi connectivity index (χ3n) is 4.48. The zero-order valence-electron chi connectivity index (χ0n) is 15.6. The number of nitrogens with zero attached hydrogens (tertiary/aromatic N) is 1. The summed E-state index contributed by atoms with van der Waals surface area (Å²) in [5, 5.41) is 9.86. The van der Waals surface area contributed by atoms with E-state index < -0.39 is 24.5 Å². The number of ether oxygens (including phenoxy) is 4. The molecule has 1 N–H and O–H groups in total. The van der Waals surface area contributed by atoms with Gasteiger partial charge in [0.25, 0.3) is 0 Å². The van der Waals surface area contributed by atoms with Crippen LogP contribution in [0, 0.1) is 5.92 Å². The highest BCUT2D eigenvalue weighted by atomic mass is 16.6. The molecule has 1 aliphatic heterocycles. The van der Waals surface area contributed by atoms with Gasteiger partial charge in [-0.3, -0.25) is 4.79 Å². The molecule has 1 fully saturated rings. The third kappa shape index (κ3) is 3.55. The molecule has 0 bridgehead atoms. The Bertz CT molecular complexity index is 648. The number of hydrogen-bond donors (Lipinski definition) is 1. The van der Waals surface area contributed by atoms with E-state index in [0.29, 0.717) is 22.8 Å². The summed E-state index contributed by atoms with van der Waals surface area (Å²) in [7, 11) is 4.40. The molecule has 2 amide bonds. The Morgan fingerprint density at radius 2 is 1.81 bits per heavy atom. The minimum absolute atomic E-state index is 0.0321. The Kier molecular flexibility index (Phi) is 6.31. The summed E-state index contributed by atoms with van der Waals surface area (Å²) in [6, 6.07) is 2.81. The summed E-state index contributed by atoms with van der Waals surface area (Å²) in [5.41, 5.74) is 0.453. The fraction of sp³-hybridized carbons (Fsp3) is 0.556. The molecule has 1 heterocycles. The van der Waals surface area contributed by atoms with E-state index >= 15 is 0 Å². The SMILES string of the molecule is COc1cc([C@H](CO)C(=O)N2C(=O)OC[C@@H]2C(C)C)cc(OC)c1OC. The highest BCUT2D eigenvalue weighted by Crippen LogP contribution is 2.40. The topological polar surface area (TPSA) is 94.5 Å². The van der Waals surface area contributed by atoms with Crippen molar-refractivity contribution in [2.24, 2.45) is 5.92 Å². The number of amides is 2. The molecule has 0 spiro atoms. The monoisotopic (exact) mass is 367 g/mol. The van der Waals surface area contributed by atoms with Crippen LogP contribution in [0.1, 0.15) is 25.3 Å². The Hall–Kier alpha value is -2.48. The number of aliphatic hydroxyl groups excluding tert-OH is 1. The van der Waals surface area contributed by atoms with Gasteiger partial charge in [0.15, 0.2) is 11.5 Å². The molecular weight excluding hydrogens is 342 g/mol. The van der Waals surface area contributed by atoms with Crippen molar-refractivity contribution in [3.05, 3.63) is 17.7 Å². The zero-order chi connectivity index (χ0) is 19.4. The van der Waals surface area contributed by atoms with Gasteiger partial charge < -0.3 is 24.1 Å². The van der Waals surface area contributed by atoms with Gasteiger partial charge in [0, 0.05) is 0 Å². The Labute approximate surface area is 152 Å². The molecule has 8 heteroatoms. The molecule has 26 heavy (non-hydrogen) atoms. The Morgan fingerprint density at radius 3 is 2.23 bits per heavy atom. The van der Waals surface area contributed by atoms with Gasteiger partial charge in [-0.1, -0.05) is 13.8 Å². The van der Waals surface area contributed by atoms with E-state index in [0.717, 1.165) is 4.90 Å². The van der Waals surface area contributed by atoms with Crippen LogP contribution in [0.3, 0.4) is 0 Å². The quantitative estimate of drug-likeness (QED) is 0.785. The Morgan fingerprint density at radius 1 is 1.23 bits per heavy atom. The predicted octanol–water partition coefficient (Wildman–Crippen LogP) is 1.79. The van der Waals surface area contributed by atoms with Crippen molar-refractivity contribution in [2.75, 3.05) is 34.5 Å². The van der Waals surface area contributed by atoms with Crippen LogP contribution in [-0.2, 0) is 9.53 Å². The lowest BCUT2D eigenvalue weighted by Gasteiger charge is -2.26. The van der Waals surface area contributed by atoms with Crippen molar-refractivity contribution >= 4 is 12.0 Å². The maximum absolute atomic E-state index is 13.0. The molecule has 144 valence electrons. The van der Waals surface area contributed by atoms with Gasteiger partial charge >= 0.3 is 6.09 Å². The first kappa shape index (κ1) is 19.8. The standard InChI is InChI=1S/C18H25NO7/c1-10(2)13-9-26-18(22)19(13)17(21)12(8-20)11-6-14(23-3)16(25-5)15(7-11)24-4/h6-7,10,12-13,20H,8-9H2,1-5H3/t12-,13+/m0/s1. The van der Waals surface area contributed by atoms with Crippen LogP contribution in [-0.4, -0.2) is 62.6 Å². The highest BCUT2D eigenvalue weighted by molar-refractivity contribution is 5.97. The molecule has 1 aliphatic rings. The van der Waals surface area contributed by atoms with Crippen LogP contribution in [0.25, 0.3) is 0 Å². The van der Waals surface area contributed by atoms with Crippen LogP contribution in [0.2, 0.25) is 0 Å². The van der Waals surface area contributed by atoms with Crippen LogP contribution in [0.5, 0.6) is 17.2 Å². The van der Waals surface area contributed by atoms with Crippen LogP contribution < -0.4 is 14.2 Å². The molecule has 1 aromatic rings. The normalized spacial score (nSPS) is 17.9. The summed E-state index contributed by atoms with van der Waals surface area (Å²) in [6.07, 6.45) is -0.695. The average molecular weight is 367 g/mol. The lowest BCUT2D eigenvalue weighted by Crippen LogP contribution is -2.45. The molecule has 0 aromatic heterocycles. The number of benzene rings is 1. The average Bonchev–Trinajstić information content (AvgIpc) is 3.02. The number of hydrogen-bond acceptors (Lipinski definition) is 7. The smallest absolute Gasteiger partial charge is 0.417 e. The number of rotatable bonds is 7. The van der Waals surface area contributed by atoms with E-state index in [1.165, 1.54) is 21.3 Å². The fourth-order valence-electron chi connectivity index (χ4n) is 2.98. The number of methoxy groups -OCH3 is 3. The largest absolute Gasteiger partial charge is 0.493 e. The van der Waals surface area contributed by atoms with E-state index in [1.807, 2.05) is 13.8 Å². The third-order valence-corrected chi connectivity index (χ3v) is 4.48. The lowest BCUT2D eigenvalue weighted by atomic mass is 9.95. The number of carbonyl (C=O) groups is 2. The van der Waals surface area contributed by atoms with Gasteiger partial charge in [0.2, 0.25) is 11.7 Å². The highest BCUT2D eigenvalue weighted by Gasteiger charge is 2.42. The van der Waals surface area contributed by atoms with Gasteiger partial charge in [-0.05, 0) is 23.6 Å². The molecular formula is C18H25NO7. The second kappa shape index (κ2) is 8.27. The summed E-state index contributed by atoms with van der Waals surface area (Å²) in [6.45, 7) is 3.47. The number of cyclic esters (lactones) is 1. The zero-order valence-corrected chi connectivity index (χ0v) is 15.6. The van der Waals surface area contributed by atoms with Gasteiger partial charge in [0.05, 0.1) is 39.9 Å². The molecule has 0 unspecified atom stereocenters. The second-order valence-electron chi connectivity index (χ2n) is 6.29. The van der Waals surface area contributed by atoms with E-state index in [1.54, 1.807) is 12.1 Å². The minimum atomic E-state index is -0.962. The van der Waals surface area contributed by atoms with E-state index in [4.69, 9.17) is 18.9 Å². The predicted molar refractivity (Wildman–Crippen MR) is 92.7 cm³/mol. The van der Waals surface area contributed by atoms with Crippen molar-refractivity contribution in [3.8, 4) is 17.2 Å². The number of aliphatic hydroxyl groups is 1. The Balaban J connectivity index is 2.44. The van der Waals surface area contributed by atoms with Crippen molar-refractivity contribution in [2.45, 2.75) is 25.8 Å². The molecule has 1 aromatic carbocycles. The molecule has 1 saturated heterocycles. The van der Waals surface area contributed by atoms with Gasteiger partial charge in [0.1, 0.15) is 6.61 Å². The van der Waals surface area contributed by atoms with E-state index in [-0.39, 0.29) is 18.6 Å². The molecule has 0 radical (unpaired) electrons. The molecule has 0 aliphatic carbocycles. The maximum atomic E-state index is 13.0. The first-order chi connectivity index (χ1) is 12.4. The molecule has 2 atom stereocenters. The second-order valence-corrected chi connectivity index (χ2v) is 6.29. The molecule has 8 nitrogen and oxygen atoms in total. The van der Waals surface area contributed by atoms with E-state index in [2.05, 4.69) is 0 Å². The van der Waals surface area contributed by atoms with Crippen molar-refractivity contribution in [1.82, 2.24) is 4.90 Å². The first-order valence-electron chi connectivity index (χ1n) is 8.30. The minimum Gasteiger partial charge on any atom is -0.493 e. The van der Waals surface area contributed by atoms with E-state index in [9.17, 15) is 14.7 Å². The lowest BCUT2D eigenvalue weighted by molar-refractivity contribution is -0.132. The van der Waals surface area contributed by atoms with Crippen molar-refractivity contribution < 1.29 is 33.6 Å². The summed E-state index contributed by atoms with van der Waals surface area (Å²) in [5.74, 6) is -0.359. The van der Waals surface area contributed by atoms with Crippen LogP contribution in [0.15, 0.2) is 12.1 Å². The van der Waals surface area contributed by atoms with Gasteiger partial charge in [-0.25, -0.2) is 9.69 Å². The van der Waals surface area contributed by atoms with Crippen molar-refractivity contribution in [3.63, 3.8) is 0 Å². The number of carbonyl (C=O) groups excluding carboxylic acids is 2. The van der Waals surface area contributed by atoms with Crippen molar-refractivity contribution in [1.29, 1.82) is 0 Å². The summed E-state index contributed by atoms with van der Waals surface area (Å²) in [4.78, 5) is 26.2. The first-order valence-corrected chi connectivity index (χ1v) is 8.30. The maximum Gasteiger partial charge on any atom is 0.417 e. The summed E-state index contributed by atoms with van der Waals surface area (Å²) >= 11 is 0. The molecule has 0 saturated carbocycles. The van der Waals surface area contributed by atoms with Crippen LogP contribution in [0.4, 0.5) is 4.79 Å².